The summed E-state index contributed by atoms with van der Waals surface area (Å²) in [5.74, 6) is 0. The van der Waals surface area contributed by atoms with Gasteiger partial charge in [-0.3, -0.25) is 10.00 Å². The van der Waals surface area contributed by atoms with Crippen LogP contribution in [0, 0.1) is 0 Å². The Morgan fingerprint density at radius 1 is 1.19 bits per heavy atom. The van der Waals surface area contributed by atoms with Crippen LogP contribution in [0.25, 0.3) is 11.3 Å². The van der Waals surface area contributed by atoms with Crippen LogP contribution in [0.3, 0.4) is 0 Å². The van der Waals surface area contributed by atoms with Crippen LogP contribution in [-0.2, 0) is 11.2 Å². The van der Waals surface area contributed by atoms with E-state index in [4.69, 9.17) is 4.74 Å². The molecule has 0 unspecified atom stereocenters. The first-order chi connectivity index (χ1) is 12.4. The lowest BCUT2D eigenvalue weighted by Gasteiger charge is -2.35. The van der Waals surface area contributed by atoms with E-state index >= 15 is 0 Å². The van der Waals surface area contributed by atoms with Gasteiger partial charge >= 0.3 is 6.09 Å². The van der Waals surface area contributed by atoms with E-state index in [9.17, 15) is 4.79 Å². The SMILES string of the molecule is CC(C)(C)OC(=O)N1CCN(CCc2cccc(-c3ccn[nH]3)c2)CC1. The highest BCUT2D eigenvalue weighted by Crippen LogP contribution is 2.18. The van der Waals surface area contributed by atoms with E-state index in [-0.39, 0.29) is 6.09 Å². The van der Waals surface area contributed by atoms with Gasteiger partial charge in [0.2, 0.25) is 0 Å². The number of hydrogen-bond donors (Lipinski definition) is 1. The van der Waals surface area contributed by atoms with E-state index in [1.54, 1.807) is 11.1 Å². The van der Waals surface area contributed by atoms with Crippen LogP contribution >= 0.6 is 0 Å². The predicted octanol–water partition coefficient (Wildman–Crippen LogP) is 3.17. The summed E-state index contributed by atoms with van der Waals surface area (Å²) in [4.78, 5) is 16.3. The number of H-pyrrole nitrogens is 1. The zero-order valence-corrected chi connectivity index (χ0v) is 15.9. The lowest BCUT2D eigenvalue weighted by atomic mass is 10.1. The molecule has 1 saturated heterocycles. The van der Waals surface area contributed by atoms with Gasteiger partial charge < -0.3 is 9.64 Å². The maximum absolute atomic E-state index is 12.1. The number of rotatable bonds is 4. The number of amides is 1. The summed E-state index contributed by atoms with van der Waals surface area (Å²) in [6, 6.07) is 10.5. The summed E-state index contributed by atoms with van der Waals surface area (Å²) in [5.41, 5.74) is 3.08. The average molecular weight is 356 g/mol. The third kappa shape index (κ3) is 5.08. The number of nitrogens with one attached hydrogen (secondary N) is 1. The summed E-state index contributed by atoms with van der Waals surface area (Å²) in [7, 11) is 0. The van der Waals surface area contributed by atoms with Gasteiger partial charge in [0.1, 0.15) is 5.60 Å². The topological polar surface area (TPSA) is 61.5 Å². The first-order valence-electron chi connectivity index (χ1n) is 9.20. The molecular weight excluding hydrogens is 328 g/mol. The molecule has 140 valence electrons. The van der Waals surface area contributed by atoms with Crippen LogP contribution in [-0.4, -0.2) is 64.4 Å². The number of carbonyl (C=O) groups excluding carboxylic acids is 1. The molecule has 1 amide bonds. The lowest BCUT2D eigenvalue weighted by Crippen LogP contribution is -2.50. The number of benzene rings is 1. The number of aromatic nitrogens is 2. The summed E-state index contributed by atoms with van der Waals surface area (Å²) in [5, 5.41) is 7.02. The van der Waals surface area contributed by atoms with Crippen molar-refractivity contribution in [1.82, 2.24) is 20.0 Å². The molecule has 0 aliphatic carbocycles. The van der Waals surface area contributed by atoms with Crippen molar-refractivity contribution in [2.45, 2.75) is 32.8 Å². The van der Waals surface area contributed by atoms with Gasteiger partial charge in [0, 0.05) is 38.9 Å². The van der Waals surface area contributed by atoms with Crippen LogP contribution in [0.4, 0.5) is 4.79 Å². The quantitative estimate of drug-likeness (QED) is 0.914. The Balaban J connectivity index is 1.47. The van der Waals surface area contributed by atoms with Gasteiger partial charge in [-0.2, -0.15) is 5.10 Å². The van der Waals surface area contributed by atoms with Crippen LogP contribution in [0.15, 0.2) is 36.5 Å². The van der Waals surface area contributed by atoms with E-state index in [0.717, 1.165) is 50.4 Å². The molecule has 6 nitrogen and oxygen atoms in total. The predicted molar refractivity (Wildman–Crippen MR) is 102 cm³/mol. The molecule has 0 saturated carbocycles. The number of nitrogens with zero attached hydrogens (tertiary/aromatic N) is 3. The second-order valence-corrected chi connectivity index (χ2v) is 7.73. The van der Waals surface area contributed by atoms with E-state index in [1.807, 2.05) is 26.8 Å². The van der Waals surface area contributed by atoms with Crippen LogP contribution in [0.1, 0.15) is 26.3 Å². The van der Waals surface area contributed by atoms with Gasteiger partial charge in [-0.1, -0.05) is 18.2 Å². The lowest BCUT2D eigenvalue weighted by molar-refractivity contribution is 0.0146. The van der Waals surface area contributed by atoms with Crippen LogP contribution in [0.2, 0.25) is 0 Å². The van der Waals surface area contributed by atoms with Crippen LogP contribution < -0.4 is 0 Å². The molecule has 0 radical (unpaired) electrons. The highest BCUT2D eigenvalue weighted by molar-refractivity contribution is 5.68. The van der Waals surface area contributed by atoms with E-state index < -0.39 is 5.60 Å². The van der Waals surface area contributed by atoms with Crippen molar-refractivity contribution in [2.24, 2.45) is 0 Å². The molecule has 2 heterocycles. The van der Waals surface area contributed by atoms with Gasteiger partial charge in [0.15, 0.2) is 0 Å². The molecule has 3 rings (SSSR count). The molecule has 1 aromatic heterocycles. The zero-order chi connectivity index (χ0) is 18.6. The number of aromatic amines is 1. The smallest absolute Gasteiger partial charge is 0.410 e. The normalized spacial score (nSPS) is 15.9. The maximum atomic E-state index is 12.1. The highest BCUT2D eigenvalue weighted by Gasteiger charge is 2.25. The Morgan fingerprint density at radius 2 is 1.96 bits per heavy atom. The fourth-order valence-corrected chi connectivity index (χ4v) is 3.08. The number of hydrogen-bond acceptors (Lipinski definition) is 4. The number of ether oxygens (including phenoxy) is 1. The minimum Gasteiger partial charge on any atom is -0.444 e. The summed E-state index contributed by atoms with van der Waals surface area (Å²) in [6.07, 6.45) is 2.56. The number of carbonyl (C=O) groups is 1. The first kappa shape index (κ1) is 18.5. The molecular formula is C20H28N4O2. The third-order valence-corrected chi connectivity index (χ3v) is 4.48. The second-order valence-electron chi connectivity index (χ2n) is 7.73. The molecule has 2 aromatic rings. The monoisotopic (exact) mass is 356 g/mol. The van der Waals surface area contributed by atoms with Crippen molar-refractivity contribution < 1.29 is 9.53 Å². The van der Waals surface area contributed by atoms with E-state index in [2.05, 4.69) is 39.4 Å². The zero-order valence-electron chi connectivity index (χ0n) is 15.9. The average Bonchev–Trinajstić information content (AvgIpc) is 3.14. The van der Waals surface area contributed by atoms with Gasteiger partial charge in [-0.05, 0) is 50.5 Å². The molecule has 1 fully saturated rings. The van der Waals surface area contributed by atoms with Gasteiger partial charge in [0.05, 0.1) is 5.69 Å². The summed E-state index contributed by atoms with van der Waals surface area (Å²) in [6.45, 7) is 9.93. The molecule has 1 aliphatic rings. The van der Waals surface area contributed by atoms with E-state index in [0.29, 0.717) is 0 Å². The second kappa shape index (κ2) is 7.91. The largest absolute Gasteiger partial charge is 0.444 e. The molecule has 0 atom stereocenters. The Labute approximate surface area is 155 Å². The number of piperazine rings is 1. The van der Waals surface area contributed by atoms with E-state index in [1.165, 1.54) is 5.56 Å². The fraction of sp³-hybridized carbons (Fsp3) is 0.500. The Hall–Kier alpha value is -2.34. The minimum atomic E-state index is -0.437. The Bertz CT molecular complexity index is 714. The van der Waals surface area contributed by atoms with Crippen molar-refractivity contribution in [2.75, 3.05) is 32.7 Å². The Morgan fingerprint density at radius 3 is 2.62 bits per heavy atom. The summed E-state index contributed by atoms with van der Waals surface area (Å²) >= 11 is 0. The summed E-state index contributed by atoms with van der Waals surface area (Å²) < 4.78 is 5.45. The molecule has 1 N–H and O–H groups in total. The Kier molecular flexibility index (Phi) is 5.61. The minimum absolute atomic E-state index is 0.204. The third-order valence-electron chi connectivity index (χ3n) is 4.48. The fourth-order valence-electron chi connectivity index (χ4n) is 3.08. The molecule has 0 bridgehead atoms. The first-order valence-corrected chi connectivity index (χ1v) is 9.20. The molecule has 1 aliphatic heterocycles. The van der Waals surface area contributed by atoms with Gasteiger partial charge in [-0.25, -0.2) is 4.79 Å². The van der Waals surface area contributed by atoms with Crippen molar-refractivity contribution in [3.63, 3.8) is 0 Å². The maximum Gasteiger partial charge on any atom is 0.410 e. The van der Waals surface area contributed by atoms with Crippen LogP contribution in [0.5, 0.6) is 0 Å². The molecule has 6 heteroatoms. The molecule has 1 aromatic carbocycles. The highest BCUT2D eigenvalue weighted by atomic mass is 16.6. The van der Waals surface area contributed by atoms with Gasteiger partial charge in [0.25, 0.3) is 0 Å². The van der Waals surface area contributed by atoms with Crippen molar-refractivity contribution in [1.29, 1.82) is 0 Å². The van der Waals surface area contributed by atoms with Gasteiger partial charge in [-0.15, -0.1) is 0 Å². The van der Waals surface area contributed by atoms with Crippen molar-refractivity contribution in [3.05, 3.63) is 42.1 Å². The van der Waals surface area contributed by atoms with Crippen molar-refractivity contribution in [3.8, 4) is 11.3 Å². The van der Waals surface area contributed by atoms with Crippen molar-refractivity contribution >= 4 is 6.09 Å². The molecule has 26 heavy (non-hydrogen) atoms. The molecule has 0 spiro atoms. The standard InChI is InChI=1S/C20H28N4O2/c1-20(2,3)26-19(25)24-13-11-23(12-14-24)10-8-16-5-4-6-17(15-16)18-7-9-21-22-18/h4-7,9,15H,8,10-14H2,1-3H3,(H,21,22).